The molecule has 2 aliphatic rings. The molecule has 2 unspecified atom stereocenters. The van der Waals surface area contributed by atoms with Gasteiger partial charge in [0.25, 0.3) is 0 Å². The van der Waals surface area contributed by atoms with Crippen LogP contribution in [-0.4, -0.2) is 65.8 Å². The molecule has 0 saturated carbocycles. The number of morpholine rings is 1. The van der Waals surface area contributed by atoms with E-state index >= 15 is 0 Å². The van der Waals surface area contributed by atoms with Crippen LogP contribution in [0, 0.1) is 5.92 Å². The Morgan fingerprint density at radius 3 is 2.53 bits per heavy atom. The van der Waals surface area contributed by atoms with Crippen molar-refractivity contribution in [2.75, 3.05) is 32.8 Å². The Morgan fingerprint density at radius 1 is 1.26 bits per heavy atom. The zero-order valence-corrected chi connectivity index (χ0v) is 11.4. The Hall–Kier alpha value is -1.30. The van der Waals surface area contributed by atoms with E-state index in [0.29, 0.717) is 45.2 Å². The van der Waals surface area contributed by atoms with E-state index in [2.05, 4.69) is 6.92 Å². The molecule has 2 heterocycles. The summed E-state index contributed by atoms with van der Waals surface area (Å²) in [7, 11) is 0. The quantitative estimate of drug-likeness (QED) is 0.813. The van der Waals surface area contributed by atoms with Gasteiger partial charge in [0, 0.05) is 19.6 Å². The van der Waals surface area contributed by atoms with Crippen LogP contribution >= 0.6 is 0 Å². The SMILES string of the molecule is CCC1CCN(C(=O)N2CCOCC2)C(C(=O)O)C1. The predicted molar refractivity (Wildman–Crippen MR) is 68.9 cm³/mol. The van der Waals surface area contributed by atoms with Gasteiger partial charge in [0.1, 0.15) is 6.04 Å². The number of likely N-dealkylation sites (tertiary alicyclic amines) is 1. The van der Waals surface area contributed by atoms with Gasteiger partial charge in [-0.1, -0.05) is 13.3 Å². The average molecular weight is 270 g/mol. The Labute approximate surface area is 113 Å². The van der Waals surface area contributed by atoms with Crippen molar-refractivity contribution in [3.05, 3.63) is 0 Å². The molecule has 0 aliphatic carbocycles. The summed E-state index contributed by atoms with van der Waals surface area (Å²) in [4.78, 5) is 27.0. The topological polar surface area (TPSA) is 70.1 Å². The lowest BCUT2D eigenvalue weighted by atomic mass is 9.89. The van der Waals surface area contributed by atoms with Crippen LogP contribution in [0.5, 0.6) is 0 Å². The molecule has 2 fully saturated rings. The highest BCUT2D eigenvalue weighted by Gasteiger charge is 2.37. The van der Waals surface area contributed by atoms with Gasteiger partial charge in [-0.15, -0.1) is 0 Å². The number of rotatable bonds is 2. The normalized spacial score (nSPS) is 28.3. The van der Waals surface area contributed by atoms with Crippen LogP contribution in [0.3, 0.4) is 0 Å². The molecule has 6 heteroatoms. The minimum atomic E-state index is -0.889. The van der Waals surface area contributed by atoms with E-state index in [1.165, 1.54) is 4.90 Å². The average Bonchev–Trinajstić information content (AvgIpc) is 2.46. The summed E-state index contributed by atoms with van der Waals surface area (Å²) in [6, 6.07) is -0.820. The smallest absolute Gasteiger partial charge is 0.326 e. The van der Waals surface area contributed by atoms with Gasteiger partial charge < -0.3 is 19.6 Å². The van der Waals surface area contributed by atoms with E-state index in [4.69, 9.17) is 4.74 Å². The highest BCUT2D eigenvalue weighted by molar-refractivity contribution is 5.83. The summed E-state index contributed by atoms with van der Waals surface area (Å²) < 4.78 is 5.22. The molecule has 0 bridgehead atoms. The highest BCUT2D eigenvalue weighted by Crippen LogP contribution is 2.26. The lowest BCUT2D eigenvalue weighted by Crippen LogP contribution is -2.56. The van der Waals surface area contributed by atoms with Gasteiger partial charge in [0.2, 0.25) is 0 Å². The van der Waals surface area contributed by atoms with Gasteiger partial charge >= 0.3 is 12.0 Å². The summed E-state index contributed by atoms with van der Waals surface area (Å²) in [5.41, 5.74) is 0. The molecule has 6 nitrogen and oxygen atoms in total. The molecular weight excluding hydrogens is 248 g/mol. The molecule has 0 aromatic rings. The van der Waals surface area contributed by atoms with Crippen molar-refractivity contribution in [3.63, 3.8) is 0 Å². The van der Waals surface area contributed by atoms with E-state index in [9.17, 15) is 14.7 Å². The fourth-order valence-corrected chi connectivity index (χ4v) is 2.81. The first kappa shape index (κ1) is 14.1. The predicted octanol–water partition coefficient (Wildman–Crippen LogP) is 1.01. The van der Waals surface area contributed by atoms with E-state index in [1.807, 2.05) is 0 Å². The number of carbonyl (C=O) groups is 2. The number of carboxylic acids is 1. The zero-order valence-electron chi connectivity index (χ0n) is 11.4. The number of carbonyl (C=O) groups excluding carboxylic acids is 1. The maximum Gasteiger partial charge on any atom is 0.326 e. The van der Waals surface area contributed by atoms with Crippen molar-refractivity contribution in [3.8, 4) is 0 Å². The minimum Gasteiger partial charge on any atom is -0.480 e. The first-order valence-corrected chi connectivity index (χ1v) is 6.99. The molecule has 0 aromatic carbocycles. The van der Waals surface area contributed by atoms with Gasteiger partial charge in [0.05, 0.1) is 13.2 Å². The van der Waals surface area contributed by atoms with Gasteiger partial charge in [-0.25, -0.2) is 9.59 Å². The number of amides is 2. The summed E-state index contributed by atoms with van der Waals surface area (Å²) in [6.45, 7) is 4.80. The van der Waals surface area contributed by atoms with Crippen LogP contribution in [-0.2, 0) is 9.53 Å². The second-order valence-corrected chi connectivity index (χ2v) is 5.23. The van der Waals surface area contributed by atoms with Gasteiger partial charge in [-0.3, -0.25) is 0 Å². The molecular formula is C13H22N2O4. The third-order valence-electron chi connectivity index (χ3n) is 4.10. The largest absolute Gasteiger partial charge is 0.480 e. The minimum absolute atomic E-state index is 0.148. The van der Waals surface area contributed by atoms with Crippen LogP contribution < -0.4 is 0 Å². The summed E-state index contributed by atoms with van der Waals surface area (Å²) in [6.07, 6.45) is 2.45. The maximum absolute atomic E-state index is 12.4. The second kappa shape index (κ2) is 6.23. The third kappa shape index (κ3) is 3.18. The molecule has 0 radical (unpaired) electrons. The number of piperidine rings is 1. The van der Waals surface area contributed by atoms with Crippen LogP contribution in [0.1, 0.15) is 26.2 Å². The maximum atomic E-state index is 12.4. The van der Waals surface area contributed by atoms with Crippen LogP contribution in [0.15, 0.2) is 0 Å². The zero-order chi connectivity index (χ0) is 13.8. The molecule has 2 rings (SSSR count). The van der Waals surface area contributed by atoms with Crippen molar-refractivity contribution in [1.82, 2.24) is 9.80 Å². The number of aliphatic carboxylic acids is 1. The number of hydrogen-bond acceptors (Lipinski definition) is 3. The van der Waals surface area contributed by atoms with Gasteiger partial charge in [-0.2, -0.15) is 0 Å². The number of urea groups is 1. The molecule has 19 heavy (non-hydrogen) atoms. The summed E-state index contributed by atoms with van der Waals surface area (Å²) in [5.74, 6) is -0.477. The van der Waals surface area contributed by atoms with E-state index in [-0.39, 0.29) is 6.03 Å². The van der Waals surface area contributed by atoms with E-state index in [0.717, 1.165) is 12.8 Å². The highest BCUT2D eigenvalue weighted by atomic mass is 16.5. The molecule has 2 saturated heterocycles. The summed E-state index contributed by atoms with van der Waals surface area (Å²) >= 11 is 0. The molecule has 0 spiro atoms. The lowest BCUT2D eigenvalue weighted by Gasteiger charge is -2.40. The van der Waals surface area contributed by atoms with Gasteiger partial charge in [-0.05, 0) is 18.8 Å². The number of carboxylic acid groups (broad SMARTS) is 1. The number of ether oxygens (including phenoxy) is 1. The lowest BCUT2D eigenvalue weighted by molar-refractivity contribution is -0.144. The fraction of sp³-hybridized carbons (Fsp3) is 0.846. The van der Waals surface area contributed by atoms with Crippen molar-refractivity contribution in [2.24, 2.45) is 5.92 Å². The number of nitrogens with zero attached hydrogens (tertiary/aromatic N) is 2. The Bertz CT molecular complexity index is 342. The van der Waals surface area contributed by atoms with Crippen LogP contribution in [0.2, 0.25) is 0 Å². The molecule has 0 aromatic heterocycles. The Kier molecular flexibility index (Phi) is 4.63. The fourth-order valence-electron chi connectivity index (χ4n) is 2.81. The monoisotopic (exact) mass is 270 g/mol. The first-order chi connectivity index (χ1) is 9.13. The van der Waals surface area contributed by atoms with Crippen molar-refractivity contribution in [2.45, 2.75) is 32.2 Å². The Morgan fingerprint density at radius 2 is 1.95 bits per heavy atom. The van der Waals surface area contributed by atoms with Crippen molar-refractivity contribution >= 4 is 12.0 Å². The molecule has 2 atom stereocenters. The third-order valence-corrected chi connectivity index (χ3v) is 4.10. The standard InChI is InChI=1S/C13H22N2O4/c1-2-10-3-4-15(11(9-10)12(16)17)13(18)14-5-7-19-8-6-14/h10-11H,2-9H2,1H3,(H,16,17). The molecule has 2 aliphatic heterocycles. The van der Waals surface area contributed by atoms with Crippen LogP contribution in [0.4, 0.5) is 4.79 Å². The first-order valence-electron chi connectivity index (χ1n) is 6.99. The van der Waals surface area contributed by atoms with Crippen LogP contribution in [0.25, 0.3) is 0 Å². The van der Waals surface area contributed by atoms with Gasteiger partial charge in [0.15, 0.2) is 0 Å². The second-order valence-electron chi connectivity index (χ2n) is 5.23. The molecule has 108 valence electrons. The molecule has 1 N–H and O–H groups in total. The number of hydrogen-bond donors (Lipinski definition) is 1. The van der Waals surface area contributed by atoms with E-state index in [1.54, 1.807) is 4.90 Å². The van der Waals surface area contributed by atoms with E-state index < -0.39 is 12.0 Å². The Balaban J connectivity index is 2.03. The molecule has 2 amide bonds. The summed E-state index contributed by atoms with van der Waals surface area (Å²) in [5, 5.41) is 9.33. The van der Waals surface area contributed by atoms with Crippen molar-refractivity contribution < 1.29 is 19.4 Å². The van der Waals surface area contributed by atoms with Crippen molar-refractivity contribution in [1.29, 1.82) is 0 Å².